The molecule has 0 saturated carbocycles. The standard InChI is InChI=1S/C30H38N2O5/c1-3-5-17-29(35)37-22-27(19-24-15-10-7-11-16-24)32-30(36)25(12-4-2)20-28(34)31-26(21-33)18-23-13-8-6-9-14-23/h3-4,6-11,13-16,25-27,33H,1-2,5,12,17-22H2,(H,31,34)(H,32,36)/t25-,26+,27+/m1/s1. The molecule has 0 bridgehead atoms. The lowest BCUT2D eigenvalue weighted by molar-refractivity contribution is -0.145. The number of aliphatic hydroxyl groups is 1. The number of aliphatic hydroxyl groups excluding tert-OH is 1. The fourth-order valence-corrected chi connectivity index (χ4v) is 3.91. The molecule has 0 aliphatic carbocycles. The molecule has 198 valence electrons. The number of esters is 1. The van der Waals surface area contributed by atoms with Gasteiger partial charge in [-0.2, -0.15) is 0 Å². The summed E-state index contributed by atoms with van der Waals surface area (Å²) < 4.78 is 5.40. The van der Waals surface area contributed by atoms with Crippen LogP contribution in [0.4, 0.5) is 0 Å². The molecule has 0 aliphatic rings. The van der Waals surface area contributed by atoms with Gasteiger partial charge in [0.2, 0.25) is 11.8 Å². The van der Waals surface area contributed by atoms with E-state index in [4.69, 9.17) is 4.74 Å². The van der Waals surface area contributed by atoms with Gasteiger partial charge >= 0.3 is 5.97 Å². The van der Waals surface area contributed by atoms with Crippen molar-refractivity contribution in [3.8, 4) is 0 Å². The normalized spacial score (nSPS) is 13.0. The van der Waals surface area contributed by atoms with E-state index in [1.165, 1.54) is 0 Å². The van der Waals surface area contributed by atoms with Crippen molar-refractivity contribution in [2.45, 2.75) is 50.6 Å². The molecular formula is C30H38N2O5. The molecule has 37 heavy (non-hydrogen) atoms. The summed E-state index contributed by atoms with van der Waals surface area (Å²) in [6.07, 6.45) is 5.20. The number of benzene rings is 2. The minimum atomic E-state index is -0.650. The van der Waals surface area contributed by atoms with Gasteiger partial charge in [-0.1, -0.05) is 72.8 Å². The molecule has 7 nitrogen and oxygen atoms in total. The van der Waals surface area contributed by atoms with Crippen molar-refractivity contribution in [3.63, 3.8) is 0 Å². The van der Waals surface area contributed by atoms with Crippen molar-refractivity contribution in [1.82, 2.24) is 10.6 Å². The first-order valence-electron chi connectivity index (χ1n) is 12.6. The molecule has 0 heterocycles. The molecular weight excluding hydrogens is 468 g/mol. The van der Waals surface area contributed by atoms with Gasteiger partial charge in [0.05, 0.1) is 24.6 Å². The number of allylic oxidation sites excluding steroid dienone is 2. The lowest BCUT2D eigenvalue weighted by Crippen LogP contribution is -2.45. The van der Waals surface area contributed by atoms with Gasteiger partial charge in [-0.15, -0.1) is 13.2 Å². The highest BCUT2D eigenvalue weighted by atomic mass is 16.5. The van der Waals surface area contributed by atoms with Crippen molar-refractivity contribution in [2.75, 3.05) is 13.2 Å². The first kappa shape index (κ1) is 29.5. The van der Waals surface area contributed by atoms with Crippen LogP contribution in [0.5, 0.6) is 0 Å². The summed E-state index contributed by atoms with van der Waals surface area (Å²) in [5.74, 6) is -1.65. The van der Waals surface area contributed by atoms with Crippen molar-refractivity contribution in [2.24, 2.45) is 5.92 Å². The summed E-state index contributed by atoms with van der Waals surface area (Å²) >= 11 is 0. The lowest BCUT2D eigenvalue weighted by Gasteiger charge is -2.23. The maximum atomic E-state index is 13.2. The summed E-state index contributed by atoms with van der Waals surface area (Å²) in [6.45, 7) is 7.15. The summed E-state index contributed by atoms with van der Waals surface area (Å²) in [4.78, 5) is 38.0. The van der Waals surface area contributed by atoms with Crippen LogP contribution in [0.15, 0.2) is 86.0 Å². The second kappa shape index (κ2) is 16.9. The van der Waals surface area contributed by atoms with Gasteiger partial charge in [0.1, 0.15) is 6.61 Å². The minimum absolute atomic E-state index is 0.0211. The molecule has 0 aromatic heterocycles. The third-order valence-corrected chi connectivity index (χ3v) is 5.83. The zero-order chi connectivity index (χ0) is 26.9. The van der Waals surface area contributed by atoms with Crippen LogP contribution in [-0.4, -0.2) is 48.2 Å². The number of amides is 2. The largest absolute Gasteiger partial charge is 0.463 e. The van der Waals surface area contributed by atoms with E-state index < -0.39 is 18.0 Å². The van der Waals surface area contributed by atoms with Crippen LogP contribution in [-0.2, 0) is 32.0 Å². The van der Waals surface area contributed by atoms with E-state index in [1.54, 1.807) is 12.2 Å². The number of nitrogens with one attached hydrogen (secondary N) is 2. The summed E-state index contributed by atoms with van der Waals surface area (Å²) in [5.41, 5.74) is 1.98. The Morgan fingerprint density at radius 1 is 0.865 bits per heavy atom. The van der Waals surface area contributed by atoms with Gasteiger partial charge in [-0.05, 0) is 36.8 Å². The van der Waals surface area contributed by atoms with Gasteiger partial charge < -0.3 is 20.5 Å². The fraction of sp³-hybridized carbons (Fsp3) is 0.367. The fourth-order valence-electron chi connectivity index (χ4n) is 3.91. The van der Waals surface area contributed by atoms with Crippen molar-refractivity contribution in [3.05, 3.63) is 97.1 Å². The van der Waals surface area contributed by atoms with E-state index in [2.05, 4.69) is 23.8 Å². The molecule has 0 saturated heterocycles. The molecule has 0 aliphatic heterocycles. The van der Waals surface area contributed by atoms with Crippen LogP contribution < -0.4 is 10.6 Å². The molecule has 0 fully saturated rings. The number of hydrogen-bond donors (Lipinski definition) is 3. The SMILES string of the molecule is C=CCCC(=O)OC[C@H](Cc1ccccc1)NC(=O)[C@H](CC=C)CC(=O)N[C@H](CO)Cc1ccccc1. The van der Waals surface area contributed by atoms with Gasteiger partial charge in [0, 0.05) is 12.8 Å². The highest BCUT2D eigenvalue weighted by Crippen LogP contribution is 2.13. The Kier molecular flexibility index (Phi) is 13.5. The van der Waals surface area contributed by atoms with E-state index in [0.717, 1.165) is 11.1 Å². The maximum absolute atomic E-state index is 13.2. The minimum Gasteiger partial charge on any atom is -0.463 e. The summed E-state index contributed by atoms with van der Waals surface area (Å²) in [6, 6.07) is 18.3. The van der Waals surface area contributed by atoms with E-state index >= 15 is 0 Å². The van der Waals surface area contributed by atoms with Gasteiger partial charge in [0.15, 0.2) is 0 Å². The zero-order valence-corrected chi connectivity index (χ0v) is 21.3. The summed E-state index contributed by atoms with van der Waals surface area (Å²) in [5, 5.41) is 15.5. The van der Waals surface area contributed by atoms with E-state index in [-0.39, 0.29) is 43.8 Å². The molecule has 3 N–H and O–H groups in total. The average Bonchev–Trinajstić information content (AvgIpc) is 2.91. The number of hydrogen-bond acceptors (Lipinski definition) is 5. The summed E-state index contributed by atoms with van der Waals surface area (Å²) in [7, 11) is 0. The topological polar surface area (TPSA) is 105 Å². The smallest absolute Gasteiger partial charge is 0.306 e. The van der Waals surface area contributed by atoms with Crippen LogP contribution in [0.1, 0.15) is 36.8 Å². The van der Waals surface area contributed by atoms with Crippen molar-refractivity contribution < 1.29 is 24.2 Å². The Labute approximate surface area is 219 Å². The van der Waals surface area contributed by atoms with Crippen molar-refractivity contribution in [1.29, 1.82) is 0 Å². The monoisotopic (exact) mass is 506 g/mol. The van der Waals surface area contributed by atoms with Crippen LogP contribution in [0.25, 0.3) is 0 Å². The molecule has 2 aromatic rings. The molecule has 2 rings (SSSR count). The zero-order valence-electron chi connectivity index (χ0n) is 21.3. The van der Waals surface area contributed by atoms with Crippen LogP contribution in [0.3, 0.4) is 0 Å². The van der Waals surface area contributed by atoms with Crippen LogP contribution in [0.2, 0.25) is 0 Å². The predicted octanol–water partition coefficient (Wildman–Crippen LogP) is 3.53. The number of rotatable bonds is 17. The third kappa shape index (κ3) is 11.7. The predicted molar refractivity (Wildman–Crippen MR) is 145 cm³/mol. The highest BCUT2D eigenvalue weighted by molar-refractivity contribution is 5.86. The van der Waals surface area contributed by atoms with Gasteiger partial charge in [-0.25, -0.2) is 0 Å². The Morgan fingerprint density at radius 3 is 2.00 bits per heavy atom. The Balaban J connectivity index is 2.01. The van der Waals surface area contributed by atoms with Crippen molar-refractivity contribution >= 4 is 17.8 Å². The maximum Gasteiger partial charge on any atom is 0.306 e. The molecule has 0 spiro atoms. The van der Waals surface area contributed by atoms with Gasteiger partial charge in [-0.3, -0.25) is 14.4 Å². The third-order valence-electron chi connectivity index (χ3n) is 5.83. The van der Waals surface area contributed by atoms with E-state index in [1.807, 2.05) is 60.7 Å². The first-order chi connectivity index (χ1) is 17.9. The molecule has 2 aromatic carbocycles. The van der Waals surface area contributed by atoms with E-state index in [0.29, 0.717) is 25.7 Å². The Bertz CT molecular complexity index is 994. The van der Waals surface area contributed by atoms with E-state index in [9.17, 15) is 19.5 Å². The molecule has 0 radical (unpaired) electrons. The molecule has 0 unspecified atom stereocenters. The Morgan fingerprint density at radius 2 is 1.46 bits per heavy atom. The number of carbonyl (C=O) groups is 3. The number of carbonyl (C=O) groups excluding carboxylic acids is 3. The number of ether oxygens (including phenoxy) is 1. The first-order valence-corrected chi connectivity index (χ1v) is 12.6. The Hall–Kier alpha value is -3.71. The highest BCUT2D eigenvalue weighted by Gasteiger charge is 2.25. The molecule has 7 heteroatoms. The lowest BCUT2D eigenvalue weighted by atomic mass is 9.98. The van der Waals surface area contributed by atoms with Gasteiger partial charge in [0.25, 0.3) is 0 Å². The molecule has 3 atom stereocenters. The van der Waals surface area contributed by atoms with Crippen LogP contribution >= 0.6 is 0 Å². The second-order valence-electron chi connectivity index (χ2n) is 8.97. The molecule has 2 amide bonds. The van der Waals surface area contributed by atoms with Crippen LogP contribution in [0, 0.1) is 5.92 Å². The average molecular weight is 507 g/mol. The quantitative estimate of drug-likeness (QED) is 0.225. The second-order valence-corrected chi connectivity index (χ2v) is 8.97.